The van der Waals surface area contributed by atoms with Gasteiger partial charge >= 0.3 is 0 Å². The van der Waals surface area contributed by atoms with E-state index in [-0.39, 0.29) is 23.0 Å². The average Bonchev–Trinajstić information content (AvgIpc) is 2.34. The summed E-state index contributed by atoms with van der Waals surface area (Å²) in [5.74, 6) is -1.04. The highest BCUT2D eigenvalue weighted by molar-refractivity contribution is 5.70. The Hall–Kier alpha value is -2.04. The van der Waals surface area contributed by atoms with Gasteiger partial charge in [-0.1, -0.05) is 19.9 Å². The molecule has 0 amide bonds. The highest BCUT2D eigenvalue weighted by Gasteiger charge is 2.21. The van der Waals surface area contributed by atoms with Crippen LogP contribution in [0.3, 0.4) is 0 Å². The number of benzene rings is 1. The zero-order valence-corrected chi connectivity index (χ0v) is 11.0. The molecule has 1 aromatic heterocycles. The molecule has 0 saturated carbocycles. The molecule has 0 spiro atoms. The number of rotatable bonds is 2. The maximum Gasteiger partial charge on any atom is 0.138 e. The summed E-state index contributed by atoms with van der Waals surface area (Å²) in [6.07, 6.45) is 1.22. The lowest BCUT2D eigenvalue weighted by Crippen LogP contribution is -2.06. The van der Waals surface area contributed by atoms with Crippen molar-refractivity contribution in [3.63, 3.8) is 0 Å². The van der Waals surface area contributed by atoms with Crippen molar-refractivity contribution in [1.82, 2.24) is 9.97 Å². The molecule has 0 fully saturated rings. The van der Waals surface area contributed by atoms with Gasteiger partial charge in [0, 0.05) is 5.56 Å². The quantitative estimate of drug-likeness (QED) is 0.903. The Morgan fingerprint density at radius 3 is 2.47 bits per heavy atom. The number of hydrogen-bond acceptors (Lipinski definition) is 3. The summed E-state index contributed by atoms with van der Waals surface area (Å²) in [7, 11) is 0. The standard InChI is InChI=1S/C14H15F2N3/c1-7(2)10-13(18-6-19-14(10)17)11-9(15)5-4-8(3)12(11)16/h4-7H,1-3H3,(H2,17,18,19). The molecular formula is C14H15F2N3. The van der Waals surface area contributed by atoms with E-state index in [2.05, 4.69) is 9.97 Å². The van der Waals surface area contributed by atoms with Crippen LogP contribution in [0.1, 0.15) is 30.9 Å². The summed E-state index contributed by atoms with van der Waals surface area (Å²) < 4.78 is 28.1. The number of nitrogens with zero attached hydrogens (tertiary/aromatic N) is 2. The SMILES string of the molecule is Cc1ccc(F)c(-c2ncnc(N)c2C(C)C)c1F. The fourth-order valence-corrected chi connectivity index (χ4v) is 2.05. The Labute approximate surface area is 110 Å². The van der Waals surface area contributed by atoms with Crippen LogP contribution in [0, 0.1) is 18.6 Å². The first-order chi connectivity index (χ1) is 8.93. The van der Waals surface area contributed by atoms with E-state index in [0.29, 0.717) is 11.1 Å². The summed E-state index contributed by atoms with van der Waals surface area (Å²) in [5.41, 5.74) is 6.81. The van der Waals surface area contributed by atoms with Crippen LogP contribution in [0.4, 0.5) is 14.6 Å². The van der Waals surface area contributed by atoms with Crippen LogP contribution in [0.15, 0.2) is 18.5 Å². The van der Waals surface area contributed by atoms with Crippen molar-refractivity contribution < 1.29 is 8.78 Å². The minimum Gasteiger partial charge on any atom is -0.383 e. The smallest absolute Gasteiger partial charge is 0.138 e. The summed E-state index contributed by atoms with van der Waals surface area (Å²) in [5, 5.41) is 0. The fraction of sp³-hybridized carbons (Fsp3) is 0.286. The molecule has 0 unspecified atom stereocenters. The Kier molecular flexibility index (Phi) is 3.46. The highest BCUT2D eigenvalue weighted by Crippen LogP contribution is 2.34. The van der Waals surface area contributed by atoms with Gasteiger partial charge in [-0.2, -0.15) is 0 Å². The van der Waals surface area contributed by atoms with Crippen LogP contribution in [-0.2, 0) is 0 Å². The van der Waals surface area contributed by atoms with Crippen molar-refractivity contribution in [2.45, 2.75) is 26.7 Å². The first kappa shape index (κ1) is 13.4. The second kappa shape index (κ2) is 4.91. The maximum atomic E-state index is 14.2. The molecule has 1 aromatic carbocycles. The normalized spacial score (nSPS) is 11.1. The largest absolute Gasteiger partial charge is 0.383 e. The van der Waals surface area contributed by atoms with Gasteiger partial charge in [0.2, 0.25) is 0 Å². The van der Waals surface area contributed by atoms with E-state index >= 15 is 0 Å². The zero-order valence-electron chi connectivity index (χ0n) is 11.0. The second-order valence-corrected chi connectivity index (χ2v) is 4.73. The highest BCUT2D eigenvalue weighted by atomic mass is 19.1. The van der Waals surface area contributed by atoms with Gasteiger partial charge in [0.25, 0.3) is 0 Å². The molecule has 0 aliphatic heterocycles. The van der Waals surface area contributed by atoms with E-state index in [0.717, 1.165) is 0 Å². The topological polar surface area (TPSA) is 51.8 Å². The Morgan fingerprint density at radius 2 is 1.84 bits per heavy atom. The van der Waals surface area contributed by atoms with E-state index < -0.39 is 11.6 Å². The number of aromatic nitrogens is 2. The molecule has 0 atom stereocenters. The fourth-order valence-electron chi connectivity index (χ4n) is 2.05. The molecule has 2 aromatic rings. The summed E-state index contributed by atoms with van der Waals surface area (Å²) in [4.78, 5) is 7.91. The van der Waals surface area contributed by atoms with Gasteiger partial charge in [0.05, 0.1) is 11.3 Å². The molecular weight excluding hydrogens is 248 g/mol. The predicted molar refractivity (Wildman–Crippen MR) is 70.6 cm³/mol. The van der Waals surface area contributed by atoms with E-state index in [1.54, 1.807) is 6.92 Å². The van der Waals surface area contributed by atoms with Crippen LogP contribution in [-0.4, -0.2) is 9.97 Å². The van der Waals surface area contributed by atoms with Gasteiger partial charge in [0.15, 0.2) is 0 Å². The number of hydrogen-bond donors (Lipinski definition) is 1. The lowest BCUT2D eigenvalue weighted by Gasteiger charge is -2.15. The molecule has 3 nitrogen and oxygen atoms in total. The first-order valence-electron chi connectivity index (χ1n) is 5.98. The molecule has 2 N–H and O–H groups in total. The van der Waals surface area contributed by atoms with Gasteiger partial charge in [-0.3, -0.25) is 0 Å². The number of nitrogens with two attached hydrogens (primary N) is 1. The van der Waals surface area contributed by atoms with Gasteiger partial charge in [-0.25, -0.2) is 18.7 Å². The Balaban J connectivity index is 2.80. The van der Waals surface area contributed by atoms with Crippen molar-refractivity contribution in [1.29, 1.82) is 0 Å². The maximum absolute atomic E-state index is 14.2. The molecule has 100 valence electrons. The van der Waals surface area contributed by atoms with E-state index in [9.17, 15) is 8.78 Å². The molecule has 0 bridgehead atoms. The van der Waals surface area contributed by atoms with Crippen molar-refractivity contribution >= 4 is 5.82 Å². The summed E-state index contributed by atoms with van der Waals surface area (Å²) >= 11 is 0. The number of nitrogen functional groups attached to an aromatic ring is 1. The predicted octanol–water partition coefficient (Wildman–Crippen LogP) is 3.44. The number of anilines is 1. The summed E-state index contributed by atoms with van der Waals surface area (Å²) in [6, 6.07) is 2.63. The van der Waals surface area contributed by atoms with Crippen molar-refractivity contribution in [3.8, 4) is 11.3 Å². The molecule has 2 rings (SSSR count). The lowest BCUT2D eigenvalue weighted by molar-refractivity contribution is 0.582. The summed E-state index contributed by atoms with van der Waals surface area (Å²) in [6.45, 7) is 5.34. The molecule has 0 aliphatic rings. The van der Waals surface area contributed by atoms with Crippen molar-refractivity contribution in [2.75, 3.05) is 5.73 Å². The molecule has 19 heavy (non-hydrogen) atoms. The monoisotopic (exact) mass is 263 g/mol. The third kappa shape index (κ3) is 2.28. The Morgan fingerprint density at radius 1 is 1.16 bits per heavy atom. The molecule has 0 saturated heterocycles. The number of aryl methyl sites for hydroxylation is 1. The van der Waals surface area contributed by atoms with Gasteiger partial charge in [-0.05, 0) is 24.5 Å². The third-order valence-electron chi connectivity index (χ3n) is 3.01. The lowest BCUT2D eigenvalue weighted by atomic mass is 9.96. The minimum atomic E-state index is -0.650. The second-order valence-electron chi connectivity index (χ2n) is 4.73. The van der Waals surface area contributed by atoms with Crippen molar-refractivity contribution in [2.24, 2.45) is 0 Å². The molecule has 0 aliphatic carbocycles. The van der Waals surface area contributed by atoms with Crippen LogP contribution in [0.5, 0.6) is 0 Å². The van der Waals surface area contributed by atoms with E-state index in [4.69, 9.17) is 5.73 Å². The average molecular weight is 263 g/mol. The van der Waals surface area contributed by atoms with Gasteiger partial charge in [0.1, 0.15) is 23.8 Å². The van der Waals surface area contributed by atoms with Crippen LogP contribution >= 0.6 is 0 Å². The molecule has 1 heterocycles. The molecule has 0 radical (unpaired) electrons. The molecule has 5 heteroatoms. The third-order valence-corrected chi connectivity index (χ3v) is 3.01. The van der Waals surface area contributed by atoms with E-state index in [1.165, 1.54) is 18.5 Å². The van der Waals surface area contributed by atoms with E-state index in [1.807, 2.05) is 13.8 Å². The van der Waals surface area contributed by atoms with Crippen LogP contribution in [0.25, 0.3) is 11.3 Å². The van der Waals surface area contributed by atoms with Crippen LogP contribution < -0.4 is 5.73 Å². The zero-order chi connectivity index (χ0) is 14.2. The first-order valence-corrected chi connectivity index (χ1v) is 5.98. The number of halogens is 2. The van der Waals surface area contributed by atoms with Crippen molar-refractivity contribution in [3.05, 3.63) is 41.2 Å². The van der Waals surface area contributed by atoms with Gasteiger partial charge in [-0.15, -0.1) is 0 Å². The van der Waals surface area contributed by atoms with Gasteiger partial charge < -0.3 is 5.73 Å². The van der Waals surface area contributed by atoms with Crippen LogP contribution in [0.2, 0.25) is 0 Å². The Bertz CT molecular complexity index is 624. The minimum absolute atomic E-state index is 0.0319.